The van der Waals surface area contributed by atoms with Crippen LogP contribution in [0.2, 0.25) is 0 Å². The average molecular weight is 218 g/mol. The molecule has 2 amide bonds. The molecule has 1 heterocycles. The van der Waals surface area contributed by atoms with Gasteiger partial charge in [-0.25, -0.2) is 9.59 Å². The number of thioether (sulfide) groups is 1. The van der Waals surface area contributed by atoms with E-state index in [0.29, 0.717) is 18.2 Å². The van der Waals surface area contributed by atoms with Crippen LogP contribution in [0.1, 0.15) is 6.92 Å². The third-order valence-electron chi connectivity index (χ3n) is 2.21. The van der Waals surface area contributed by atoms with Gasteiger partial charge in [0.1, 0.15) is 6.04 Å². The summed E-state index contributed by atoms with van der Waals surface area (Å²) in [5, 5.41) is 8.86. The molecule has 0 spiro atoms. The Hall–Kier alpha value is -0.910. The van der Waals surface area contributed by atoms with Gasteiger partial charge in [0, 0.05) is 19.3 Å². The summed E-state index contributed by atoms with van der Waals surface area (Å²) in [6.07, 6.45) is 0. The normalized spacial score (nSPS) is 21.0. The fourth-order valence-corrected chi connectivity index (χ4v) is 2.33. The van der Waals surface area contributed by atoms with E-state index in [1.807, 2.05) is 6.92 Å². The van der Waals surface area contributed by atoms with Crippen molar-refractivity contribution in [3.05, 3.63) is 0 Å². The second-order valence-electron chi connectivity index (χ2n) is 3.12. The summed E-state index contributed by atoms with van der Waals surface area (Å²) in [4.78, 5) is 25.4. The van der Waals surface area contributed by atoms with E-state index in [1.165, 1.54) is 21.6 Å². The van der Waals surface area contributed by atoms with E-state index in [9.17, 15) is 9.59 Å². The molecule has 80 valence electrons. The van der Waals surface area contributed by atoms with E-state index in [0.717, 1.165) is 0 Å². The van der Waals surface area contributed by atoms with Gasteiger partial charge < -0.3 is 14.9 Å². The molecule has 1 aliphatic heterocycles. The summed E-state index contributed by atoms with van der Waals surface area (Å²) >= 11 is 1.47. The first-order valence-corrected chi connectivity index (χ1v) is 5.55. The van der Waals surface area contributed by atoms with Gasteiger partial charge >= 0.3 is 12.0 Å². The molecule has 0 aromatic carbocycles. The van der Waals surface area contributed by atoms with Crippen molar-refractivity contribution in [2.24, 2.45) is 0 Å². The number of nitrogens with zero attached hydrogens (tertiary/aromatic N) is 2. The lowest BCUT2D eigenvalue weighted by Crippen LogP contribution is -2.47. The van der Waals surface area contributed by atoms with E-state index in [-0.39, 0.29) is 6.03 Å². The lowest BCUT2D eigenvalue weighted by molar-refractivity contribution is -0.140. The number of aliphatic carboxylic acids is 1. The van der Waals surface area contributed by atoms with Crippen LogP contribution in [0.4, 0.5) is 4.79 Å². The standard InChI is InChI=1S/C8H14N2O3S/c1-3-9(2)8(13)10-5-14-4-6(10)7(11)12/h6H,3-5H2,1-2H3,(H,11,12). The molecule has 1 unspecified atom stereocenters. The van der Waals surface area contributed by atoms with E-state index >= 15 is 0 Å². The molecule has 0 saturated carbocycles. The second kappa shape index (κ2) is 4.54. The molecule has 1 atom stereocenters. The smallest absolute Gasteiger partial charge is 0.327 e. The average Bonchev–Trinajstić information content (AvgIpc) is 2.63. The van der Waals surface area contributed by atoms with Gasteiger partial charge in [0.25, 0.3) is 0 Å². The Morgan fingerprint density at radius 2 is 2.29 bits per heavy atom. The zero-order valence-corrected chi connectivity index (χ0v) is 9.08. The first-order valence-electron chi connectivity index (χ1n) is 4.40. The predicted molar refractivity (Wildman–Crippen MR) is 54.3 cm³/mol. The minimum atomic E-state index is -0.923. The topological polar surface area (TPSA) is 60.9 Å². The summed E-state index contributed by atoms with van der Waals surface area (Å²) in [6.45, 7) is 2.45. The highest BCUT2D eigenvalue weighted by Crippen LogP contribution is 2.21. The molecule has 1 N–H and O–H groups in total. The maximum atomic E-state index is 11.7. The highest BCUT2D eigenvalue weighted by Gasteiger charge is 2.35. The fourth-order valence-electron chi connectivity index (χ4n) is 1.19. The number of urea groups is 1. The van der Waals surface area contributed by atoms with Crippen LogP contribution < -0.4 is 0 Å². The van der Waals surface area contributed by atoms with Crippen molar-refractivity contribution in [2.45, 2.75) is 13.0 Å². The van der Waals surface area contributed by atoms with Crippen molar-refractivity contribution in [2.75, 3.05) is 25.2 Å². The van der Waals surface area contributed by atoms with Crippen molar-refractivity contribution >= 4 is 23.8 Å². The van der Waals surface area contributed by atoms with Gasteiger partial charge in [-0.3, -0.25) is 0 Å². The largest absolute Gasteiger partial charge is 0.480 e. The molecule has 0 radical (unpaired) electrons. The number of carboxylic acid groups (broad SMARTS) is 1. The maximum absolute atomic E-state index is 11.7. The molecule has 0 aromatic rings. The number of hydrogen-bond acceptors (Lipinski definition) is 3. The van der Waals surface area contributed by atoms with Crippen LogP contribution in [-0.4, -0.2) is 58.2 Å². The second-order valence-corrected chi connectivity index (χ2v) is 4.12. The zero-order chi connectivity index (χ0) is 10.7. The molecular weight excluding hydrogens is 204 g/mol. The lowest BCUT2D eigenvalue weighted by atomic mass is 10.3. The minimum Gasteiger partial charge on any atom is -0.480 e. The summed E-state index contributed by atoms with van der Waals surface area (Å²) in [7, 11) is 1.67. The molecule has 14 heavy (non-hydrogen) atoms. The van der Waals surface area contributed by atoms with Crippen molar-refractivity contribution < 1.29 is 14.7 Å². The first-order chi connectivity index (χ1) is 6.57. The molecule has 5 nitrogen and oxygen atoms in total. The molecular formula is C8H14N2O3S. The number of carbonyl (C=O) groups excluding carboxylic acids is 1. The van der Waals surface area contributed by atoms with Crippen molar-refractivity contribution in [3.63, 3.8) is 0 Å². The number of amides is 2. The van der Waals surface area contributed by atoms with Gasteiger partial charge in [-0.15, -0.1) is 11.8 Å². The van der Waals surface area contributed by atoms with E-state index in [2.05, 4.69) is 0 Å². The number of hydrogen-bond donors (Lipinski definition) is 1. The number of carboxylic acids is 1. The van der Waals surface area contributed by atoms with Gasteiger partial charge in [0.2, 0.25) is 0 Å². The molecule has 0 aromatic heterocycles. The van der Waals surface area contributed by atoms with Gasteiger partial charge in [-0.2, -0.15) is 0 Å². The summed E-state index contributed by atoms with van der Waals surface area (Å²) < 4.78 is 0. The Morgan fingerprint density at radius 1 is 1.64 bits per heavy atom. The Labute approximate surface area is 87.0 Å². The Kier molecular flexibility index (Phi) is 3.62. The van der Waals surface area contributed by atoms with Gasteiger partial charge in [0.05, 0.1) is 5.88 Å². The van der Waals surface area contributed by atoms with Crippen LogP contribution in [0.5, 0.6) is 0 Å². The van der Waals surface area contributed by atoms with Crippen molar-refractivity contribution in [1.29, 1.82) is 0 Å². The predicted octanol–water partition coefficient (Wildman–Crippen LogP) is 0.518. The highest BCUT2D eigenvalue weighted by molar-refractivity contribution is 7.99. The van der Waals surface area contributed by atoms with Crippen LogP contribution in [0.25, 0.3) is 0 Å². The van der Waals surface area contributed by atoms with Crippen molar-refractivity contribution in [1.82, 2.24) is 9.80 Å². The summed E-state index contributed by atoms with van der Waals surface area (Å²) in [6, 6.07) is -0.869. The van der Waals surface area contributed by atoms with Crippen LogP contribution >= 0.6 is 11.8 Å². The summed E-state index contributed by atoms with van der Waals surface area (Å²) in [5.41, 5.74) is 0. The molecule has 1 saturated heterocycles. The molecule has 1 fully saturated rings. The SMILES string of the molecule is CCN(C)C(=O)N1CSCC1C(=O)O. The zero-order valence-electron chi connectivity index (χ0n) is 8.27. The van der Waals surface area contributed by atoms with Gasteiger partial charge in [-0.05, 0) is 6.92 Å². The van der Waals surface area contributed by atoms with Crippen molar-refractivity contribution in [3.8, 4) is 0 Å². The van der Waals surface area contributed by atoms with Gasteiger partial charge in [0.15, 0.2) is 0 Å². The molecule has 1 rings (SSSR count). The number of rotatable bonds is 2. The maximum Gasteiger partial charge on any atom is 0.327 e. The van der Waals surface area contributed by atoms with E-state index in [4.69, 9.17) is 5.11 Å². The van der Waals surface area contributed by atoms with E-state index in [1.54, 1.807) is 7.05 Å². The fraction of sp³-hybridized carbons (Fsp3) is 0.750. The highest BCUT2D eigenvalue weighted by atomic mass is 32.2. The first kappa shape index (κ1) is 11.2. The lowest BCUT2D eigenvalue weighted by Gasteiger charge is -2.25. The van der Waals surface area contributed by atoms with Gasteiger partial charge in [-0.1, -0.05) is 0 Å². The third-order valence-corrected chi connectivity index (χ3v) is 3.23. The minimum absolute atomic E-state index is 0.204. The van der Waals surface area contributed by atoms with Crippen LogP contribution in [0, 0.1) is 0 Å². The summed E-state index contributed by atoms with van der Waals surface area (Å²) in [5.74, 6) is 0.0338. The molecule has 1 aliphatic rings. The monoisotopic (exact) mass is 218 g/mol. The Balaban J connectivity index is 2.67. The number of carbonyl (C=O) groups is 2. The van der Waals surface area contributed by atoms with Crippen LogP contribution in [-0.2, 0) is 4.79 Å². The molecule has 6 heteroatoms. The Morgan fingerprint density at radius 3 is 2.79 bits per heavy atom. The van der Waals surface area contributed by atoms with Crippen LogP contribution in [0.3, 0.4) is 0 Å². The Bertz CT molecular complexity index is 247. The third kappa shape index (κ3) is 2.12. The van der Waals surface area contributed by atoms with Crippen LogP contribution in [0.15, 0.2) is 0 Å². The molecule has 0 bridgehead atoms. The molecule has 0 aliphatic carbocycles. The van der Waals surface area contributed by atoms with E-state index < -0.39 is 12.0 Å². The quantitative estimate of drug-likeness (QED) is 0.734.